The second kappa shape index (κ2) is 1.70. The molecule has 0 saturated heterocycles. The van der Waals surface area contributed by atoms with E-state index in [1.807, 2.05) is 0 Å². The van der Waals surface area contributed by atoms with Gasteiger partial charge in [-0.3, -0.25) is 0 Å². The Kier molecular flexibility index (Phi) is 1.33. The molecule has 2 heteroatoms. The summed E-state index contributed by atoms with van der Waals surface area (Å²) in [7, 11) is 0. The minimum atomic E-state index is 0.0625. The molecule has 1 fully saturated rings. The molecule has 0 amide bonds. The normalized spacial score (nSPS) is 38.7. The molecule has 3 N–H and O–H groups in total. The lowest BCUT2D eigenvalue weighted by Gasteiger charge is -2.13. The summed E-state index contributed by atoms with van der Waals surface area (Å²) in [5.74, 6) is 0. The van der Waals surface area contributed by atoms with E-state index in [4.69, 9.17) is 10.8 Å². The van der Waals surface area contributed by atoms with Gasteiger partial charge in [-0.1, -0.05) is 13.8 Å². The van der Waals surface area contributed by atoms with Crippen LogP contribution in [0, 0.1) is 10.8 Å². The Morgan fingerprint density at radius 1 is 1.56 bits per heavy atom. The summed E-state index contributed by atoms with van der Waals surface area (Å²) >= 11 is 0. The Labute approximate surface area is 56.1 Å². The minimum Gasteiger partial charge on any atom is -0.396 e. The first-order chi connectivity index (χ1) is 4.08. The largest absolute Gasteiger partial charge is 0.396 e. The van der Waals surface area contributed by atoms with Crippen molar-refractivity contribution in [2.24, 2.45) is 16.6 Å². The Morgan fingerprint density at radius 2 is 2.00 bits per heavy atom. The van der Waals surface area contributed by atoms with Gasteiger partial charge in [-0.2, -0.15) is 0 Å². The van der Waals surface area contributed by atoms with Crippen LogP contribution in [0.5, 0.6) is 0 Å². The van der Waals surface area contributed by atoms with Crippen molar-refractivity contribution in [3.63, 3.8) is 0 Å². The van der Waals surface area contributed by atoms with Gasteiger partial charge in [-0.25, -0.2) is 0 Å². The van der Waals surface area contributed by atoms with Gasteiger partial charge in [0.05, 0.1) is 6.61 Å². The molecule has 1 saturated carbocycles. The lowest BCUT2D eigenvalue weighted by molar-refractivity contribution is 0.186. The zero-order valence-electron chi connectivity index (χ0n) is 6.15. The highest BCUT2D eigenvalue weighted by Gasteiger charge is 2.59. The first kappa shape index (κ1) is 7.03. The highest BCUT2D eigenvalue weighted by Crippen LogP contribution is 2.62. The van der Waals surface area contributed by atoms with Crippen LogP contribution in [0.4, 0.5) is 0 Å². The summed E-state index contributed by atoms with van der Waals surface area (Å²) in [5.41, 5.74) is 5.85. The van der Waals surface area contributed by atoms with Crippen LogP contribution >= 0.6 is 0 Å². The Balaban J connectivity index is 2.57. The van der Waals surface area contributed by atoms with Crippen LogP contribution in [-0.4, -0.2) is 18.3 Å². The van der Waals surface area contributed by atoms with Gasteiger partial charge in [0, 0.05) is 12.0 Å². The van der Waals surface area contributed by atoms with Crippen molar-refractivity contribution in [3.05, 3.63) is 0 Å². The van der Waals surface area contributed by atoms with Gasteiger partial charge < -0.3 is 10.8 Å². The molecule has 0 aromatic heterocycles. The monoisotopic (exact) mass is 129 g/mol. The van der Waals surface area contributed by atoms with Crippen molar-refractivity contribution >= 4 is 0 Å². The van der Waals surface area contributed by atoms with Crippen LogP contribution in [0.25, 0.3) is 0 Å². The van der Waals surface area contributed by atoms with Crippen LogP contribution < -0.4 is 5.73 Å². The van der Waals surface area contributed by atoms with E-state index in [1.54, 1.807) is 0 Å². The third-order valence-electron chi connectivity index (χ3n) is 2.78. The average molecular weight is 129 g/mol. The van der Waals surface area contributed by atoms with Gasteiger partial charge in [-0.05, 0) is 11.8 Å². The van der Waals surface area contributed by atoms with E-state index in [0.717, 1.165) is 6.42 Å². The number of rotatable bonds is 2. The maximum Gasteiger partial charge on any atom is 0.0504 e. The second-order valence-electron chi connectivity index (χ2n) is 3.70. The van der Waals surface area contributed by atoms with E-state index in [1.165, 1.54) is 0 Å². The summed E-state index contributed by atoms with van der Waals surface area (Å²) in [5, 5.41) is 8.91. The topological polar surface area (TPSA) is 46.2 Å². The molecule has 1 rings (SSSR count). The molecule has 54 valence electrons. The third-order valence-corrected chi connectivity index (χ3v) is 2.78. The van der Waals surface area contributed by atoms with E-state index in [0.29, 0.717) is 6.54 Å². The maximum atomic E-state index is 8.91. The molecule has 1 aliphatic carbocycles. The first-order valence-electron chi connectivity index (χ1n) is 3.39. The molecule has 9 heavy (non-hydrogen) atoms. The molecule has 0 aromatic rings. The van der Waals surface area contributed by atoms with Gasteiger partial charge in [-0.15, -0.1) is 0 Å². The molecule has 0 spiro atoms. The predicted molar refractivity (Wildman–Crippen MR) is 37.0 cm³/mol. The lowest BCUT2D eigenvalue weighted by atomic mass is 9.97. The molecule has 0 aliphatic heterocycles. The van der Waals surface area contributed by atoms with Crippen molar-refractivity contribution in [2.45, 2.75) is 20.3 Å². The third kappa shape index (κ3) is 0.775. The number of aliphatic hydroxyl groups is 1. The van der Waals surface area contributed by atoms with Gasteiger partial charge in [0.2, 0.25) is 0 Å². The van der Waals surface area contributed by atoms with Crippen molar-refractivity contribution in [3.8, 4) is 0 Å². The van der Waals surface area contributed by atoms with Crippen molar-refractivity contribution < 1.29 is 5.11 Å². The first-order valence-corrected chi connectivity index (χ1v) is 3.39. The van der Waals surface area contributed by atoms with E-state index >= 15 is 0 Å². The number of nitrogens with two attached hydrogens (primary N) is 1. The minimum absolute atomic E-state index is 0.0625. The molecule has 2 nitrogen and oxygen atoms in total. The van der Waals surface area contributed by atoms with Crippen molar-refractivity contribution in [1.82, 2.24) is 0 Å². The second-order valence-corrected chi connectivity index (χ2v) is 3.70. The number of hydrogen-bond donors (Lipinski definition) is 2. The standard InChI is InChI=1S/C7H15NO/c1-6(2)3-7(6,4-8)5-9/h9H,3-5,8H2,1-2H3/t7-/m0/s1. The Bertz CT molecular complexity index is 116. The van der Waals surface area contributed by atoms with E-state index in [2.05, 4.69) is 13.8 Å². The SMILES string of the molecule is CC1(C)C[C@]1(CN)CO. The Morgan fingerprint density at radius 3 is 2.00 bits per heavy atom. The van der Waals surface area contributed by atoms with Gasteiger partial charge >= 0.3 is 0 Å². The molecule has 0 unspecified atom stereocenters. The van der Waals surface area contributed by atoms with Gasteiger partial charge in [0.15, 0.2) is 0 Å². The zero-order chi connectivity index (χ0) is 7.12. The molecule has 0 heterocycles. The van der Waals surface area contributed by atoms with Crippen LogP contribution in [0.2, 0.25) is 0 Å². The fraction of sp³-hybridized carbons (Fsp3) is 1.00. The fourth-order valence-electron chi connectivity index (χ4n) is 1.48. The number of hydrogen-bond acceptors (Lipinski definition) is 2. The molecule has 0 aromatic carbocycles. The van der Waals surface area contributed by atoms with Gasteiger partial charge in [0.1, 0.15) is 0 Å². The van der Waals surface area contributed by atoms with Crippen LogP contribution in [0.15, 0.2) is 0 Å². The zero-order valence-corrected chi connectivity index (χ0v) is 6.15. The maximum absolute atomic E-state index is 8.91. The molecule has 0 radical (unpaired) electrons. The quantitative estimate of drug-likeness (QED) is 0.565. The highest BCUT2D eigenvalue weighted by atomic mass is 16.3. The molecule has 1 atom stereocenters. The van der Waals surface area contributed by atoms with Crippen LogP contribution in [0.1, 0.15) is 20.3 Å². The summed E-state index contributed by atoms with van der Waals surface area (Å²) in [6.45, 7) is 5.17. The van der Waals surface area contributed by atoms with Crippen molar-refractivity contribution in [1.29, 1.82) is 0 Å². The highest BCUT2D eigenvalue weighted by molar-refractivity contribution is 5.09. The fourth-order valence-corrected chi connectivity index (χ4v) is 1.48. The van der Waals surface area contributed by atoms with E-state index in [9.17, 15) is 0 Å². The van der Waals surface area contributed by atoms with Crippen LogP contribution in [0.3, 0.4) is 0 Å². The lowest BCUT2D eigenvalue weighted by Crippen LogP contribution is -2.24. The van der Waals surface area contributed by atoms with E-state index in [-0.39, 0.29) is 17.4 Å². The Hall–Kier alpha value is -0.0800. The van der Waals surface area contributed by atoms with Crippen LogP contribution in [-0.2, 0) is 0 Å². The van der Waals surface area contributed by atoms with Gasteiger partial charge in [0.25, 0.3) is 0 Å². The molecular formula is C7H15NO. The van der Waals surface area contributed by atoms with E-state index < -0.39 is 0 Å². The summed E-state index contributed by atoms with van der Waals surface area (Å²) in [6, 6.07) is 0. The predicted octanol–water partition coefficient (Wildman–Crippen LogP) is 0.354. The summed E-state index contributed by atoms with van der Waals surface area (Å²) in [6.07, 6.45) is 1.08. The smallest absolute Gasteiger partial charge is 0.0504 e. The average Bonchev–Trinajstić information content (AvgIpc) is 2.35. The van der Waals surface area contributed by atoms with Crippen molar-refractivity contribution in [2.75, 3.05) is 13.2 Å². The molecular weight excluding hydrogens is 114 g/mol. The number of aliphatic hydroxyl groups excluding tert-OH is 1. The molecule has 0 bridgehead atoms. The molecule has 1 aliphatic rings. The summed E-state index contributed by atoms with van der Waals surface area (Å²) in [4.78, 5) is 0. The summed E-state index contributed by atoms with van der Waals surface area (Å²) < 4.78 is 0.